The Morgan fingerprint density at radius 2 is 2.43 bits per heavy atom. The van der Waals surface area contributed by atoms with Gasteiger partial charge in [-0.1, -0.05) is 11.8 Å². The molecule has 0 bridgehead atoms. The van der Waals surface area contributed by atoms with Crippen molar-refractivity contribution in [3.05, 3.63) is 11.3 Å². The molecule has 2 aliphatic rings. The van der Waals surface area contributed by atoms with Gasteiger partial charge in [0.15, 0.2) is 0 Å². The Hall–Kier alpha value is -1.59. The topological polar surface area (TPSA) is 138 Å². The van der Waals surface area contributed by atoms with E-state index >= 15 is 0 Å². The second-order valence-electron chi connectivity index (χ2n) is 4.57. The first kappa shape index (κ1) is 14.4. The number of β-lactam (4-membered cyclic amide) rings is 1. The summed E-state index contributed by atoms with van der Waals surface area (Å²) in [7, 11) is 0. The summed E-state index contributed by atoms with van der Waals surface area (Å²) >= 11 is 2.76. The van der Waals surface area contributed by atoms with Crippen LogP contribution in [0.4, 0.5) is 0 Å². The van der Waals surface area contributed by atoms with Gasteiger partial charge in [0.1, 0.15) is 17.1 Å². The van der Waals surface area contributed by atoms with Gasteiger partial charge in [0.2, 0.25) is 11.1 Å². The average Bonchev–Trinajstić information content (AvgIpc) is 2.97. The van der Waals surface area contributed by atoms with Crippen LogP contribution in [0.3, 0.4) is 0 Å². The number of carbonyl (C=O) groups excluding carboxylic acids is 1. The zero-order valence-electron chi connectivity index (χ0n) is 10.9. The summed E-state index contributed by atoms with van der Waals surface area (Å²) in [5.74, 6) is -0.953. The number of fused-ring (bicyclic) bond motifs is 1. The summed E-state index contributed by atoms with van der Waals surface area (Å²) in [6.45, 7) is 1.85. The molecule has 1 fully saturated rings. The van der Waals surface area contributed by atoms with Crippen LogP contribution >= 0.6 is 23.5 Å². The van der Waals surface area contributed by atoms with Gasteiger partial charge in [-0.25, -0.2) is 4.79 Å². The molecule has 0 radical (unpaired) electrons. The lowest BCUT2D eigenvalue weighted by Gasteiger charge is -2.48. The summed E-state index contributed by atoms with van der Waals surface area (Å²) in [5, 5.41) is 22.9. The smallest absolute Gasteiger partial charge is 0.352 e. The lowest BCUT2D eigenvalue weighted by Crippen LogP contribution is -2.68. The first-order chi connectivity index (χ1) is 10.0. The fraction of sp³-hybridized carbons (Fsp3) is 0.500. The number of carbonyl (C=O) groups is 2. The molecule has 3 rings (SSSR count). The number of nitrogens with two attached hydrogens (primary N) is 1. The van der Waals surface area contributed by atoms with E-state index in [0.717, 1.165) is 0 Å². The van der Waals surface area contributed by atoms with Crippen molar-refractivity contribution in [2.45, 2.75) is 28.7 Å². The van der Waals surface area contributed by atoms with Crippen molar-refractivity contribution < 1.29 is 14.7 Å². The van der Waals surface area contributed by atoms with E-state index in [1.165, 1.54) is 28.4 Å². The number of hydrogen-bond acceptors (Lipinski definition) is 8. The normalized spacial score (nSPS) is 26.4. The predicted octanol–water partition coefficient (Wildman–Crippen LogP) is -0.739. The van der Waals surface area contributed by atoms with Crippen molar-refractivity contribution in [2.75, 3.05) is 5.75 Å². The average molecular weight is 328 g/mol. The number of aromatic nitrogens is 4. The molecule has 21 heavy (non-hydrogen) atoms. The largest absolute Gasteiger partial charge is 0.477 e. The number of H-pyrrole nitrogens is 1. The molecular weight excluding hydrogens is 316 g/mol. The Bertz CT molecular complexity index is 618. The molecule has 0 aromatic carbocycles. The number of rotatable bonds is 4. The molecule has 1 saturated heterocycles. The van der Waals surface area contributed by atoms with Crippen LogP contribution < -0.4 is 5.73 Å². The van der Waals surface area contributed by atoms with E-state index in [4.69, 9.17) is 5.73 Å². The number of nitrogens with zero attached hydrogens (tertiary/aromatic N) is 4. The third kappa shape index (κ3) is 2.30. The lowest BCUT2D eigenvalue weighted by atomic mass is 10.0. The zero-order chi connectivity index (χ0) is 15.1. The molecule has 1 aromatic rings. The maximum atomic E-state index is 11.8. The Kier molecular flexibility index (Phi) is 3.63. The standard InChI is InChI=1S/C10H12N6O3S2/c1-3(21-10-12-14-15-13-10)4-2-20-8-5(11)7(17)16(8)6(4)9(18)19/h3,5,8H,2,11H2,1H3,(H,18,19)(H,12,13,14,15)/t3?,5?,8-/m0/s1. The van der Waals surface area contributed by atoms with Crippen molar-refractivity contribution in [3.63, 3.8) is 0 Å². The Balaban J connectivity index is 1.90. The quantitative estimate of drug-likeness (QED) is 0.482. The molecule has 4 N–H and O–H groups in total. The maximum Gasteiger partial charge on any atom is 0.352 e. The molecule has 2 aliphatic heterocycles. The van der Waals surface area contributed by atoms with Gasteiger partial charge in [0, 0.05) is 11.0 Å². The lowest BCUT2D eigenvalue weighted by molar-refractivity contribution is -0.148. The highest BCUT2D eigenvalue weighted by Crippen LogP contribution is 2.42. The van der Waals surface area contributed by atoms with Gasteiger partial charge in [-0.2, -0.15) is 5.21 Å². The number of nitrogens with one attached hydrogen (secondary N) is 1. The SMILES string of the molecule is CC(Sc1nn[nH]n1)C1=C(C(=O)O)N2C(=O)C(N)[C@@H]2SC1. The summed E-state index contributed by atoms with van der Waals surface area (Å²) < 4.78 is 0. The molecule has 2 unspecified atom stereocenters. The van der Waals surface area contributed by atoms with Crippen LogP contribution in [0.1, 0.15) is 6.92 Å². The number of amides is 1. The van der Waals surface area contributed by atoms with Crippen LogP contribution in [0.25, 0.3) is 0 Å². The molecule has 9 nitrogen and oxygen atoms in total. The highest BCUT2D eigenvalue weighted by atomic mass is 32.2. The van der Waals surface area contributed by atoms with Crippen molar-refractivity contribution in [1.29, 1.82) is 0 Å². The summed E-state index contributed by atoms with van der Waals surface area (Å²) in [4.78, 5) is 24.7. The van der Waals surface area contributed by atoms with Gasteiger partial charge in [0.05, 0.1) is 0 Å². The highest BCUT2D eigenvalue weighted by molar-refractivity contribution is 8.01. The van der Waals surface area contributed by atoms with Crippen molar-refractivity contribution in [1.82, 2.24) is 25.5 Å². The van der Waals surface area contributed by atoms with E-state index < -0.39 is 12.0 Å². The molecule has 11 heteroatoms. The van der Waals surface area contributed by atoms with Crippen molar-refractivity contribution in [2.24, 2.45) is 5.73 Å². The van der Waals surface area contributed by atoms with Crippen molar-refractivity contribution >= 4 is 35.4 Å². The second-order valence-corrected chi connectivity index (χ2v) is 6.98. The van der Waals surface area contributed by atoms with Gasteiger partial charge in [-0.3, -0.25) is 9.69 Å². The molecule has 0 spiro atoms. The number of hydrogen-bond donors (Lipinski definition) is 3. The van der Waals surface area contributed by atoms with Gasteiger partial charge < -0.3 is 10.8 Å². The highest BCUT2D eigenvalue weighted by Gasteiger charge is 2.52. The monoisotopic (exact) mass is 328 g/mol. The fourth-order valence-corrected chi connectivity index (χ4v) is 4.64. The number of carboxylic acids is 1. The van der Waals surface area contributed by atoms with E-state index in [2.05, 4.69) is 20.6 Å². The van der Waals surface area contributed by atoms with Crippen LogP contribution in [-0.4, -0.2) is 64.9 Å². The van der Waals surface area contributed by atoms with Crippen LogP contribution in [0, 0.1) is 0 Å². The zero-order valence-corrected chi connectivity index (χ0v) is 12.5. The Labute approximate surface area is 127 Å². The molecule has 0 aliphatic carbocycles. The number of aliphatic carboxylic acids is 1. The number of carboxylic acid groups (broad SMARTS) is 1. The van der Waals surface area contributed by atoms with Gasteiger partial charge in [0.25, 0.3) is 0 Å². The first-order valence-electron chi connectivity index (χ1n) is 6.07. The third-order valence-corrected chi connectivity index (χ3v) is 5.69. The Morgan fingerprint density at radius 1 is 1.67 bits per heavy atom. The van der Waals surface area contributed by atoms with Crippen LogP contribution in [0.5, 0.6) is 0 Å². The minimum absolute atomic E-state index is 0.0361. The molecule has 1 aromatic heterocycles. The van der Waals surface area contributed by atoms with E-state index in [1.807, 2.05) is 6.92 Å². The predicted molar refractivity (Wildman–Crippen MR) is 75.2 cm³/mol. The van der Waals surface area contributed by atoms with E-state index in [-0.39, 0.29) is 22.2 Å². The van der Waals surface area contributed by atoms with Crippen LogP contribution in [0.15, 0.2) is 16.4 Å². The molecule has 0 saturated carbocycles. The Morgan fingerprint density at radius 3 is 3.05 bits per heavy atom. The number of thioether (sulfide) groups is 2. The fourth-order valence-electron chi connectivity index (χ4n) is 2.28. The minimum Gasteiger partial charge on any atom is -0.477 e. The summed E-state index contributed by atoms with van der Waals surface area (Å²) in [6, 6.07) is -0.619. The van der Waals surface area contributed by atoms with Crippen LogP contribution in [-0.2, 0) is 9.59 Å². The van der Waals surface area contributed by atoms with Crippen LogP contribution in [0.2, 0.25) is 0 Å². The summed E-state index contributed by atoms with van der Waals surface area (Å²) in [5.41, 5.74) is 6.41. The minimum atomic E-state index is -1.11. The van der Waals surface area contributed by atoms with Gasteiger partial charge in [-0.15, -0.1) is 22.0 Å². The molecule has 3 heterocycles. The maximum absolute atomic E-state index is 11.8. The van der Waals surface area contributed by atoms with E-state index in [1.54, 1.807) is 0 Å². The van der Waals surface area contributed by atoms with Gasteiger partial charge in [-0.05, 0) is 17.7 Å². The summed E-state index contributed by atoms with van der Waals surface area (Å²) in [6.07, 6.45) is 0. The van der Waals surface area contributed by atoms with Crippen molar-refractivity contribution in [3.8, 4) is 0 Å². The van der Waals surface area contributed by atoms with E-state index in [9.17, 15) is 14.7 Å². The third-order valence-electron chi connectivity index (χ3n) is 3.34. The van der Waals surface area contributed by atoms with E-state index in [0.29, 0.717) is 16.5 Å². The molecule has 112 valence electrons. The van der Waals surface area contributed by atoms with Gasteiger partial charge >= 0.3 is 5.97 Å². The number of tetrazole rings is 1. The number of aromatic amines is 1. The molecular formula is C10H12N6O3S2. The molecule has 3 atom stereocenters. The molecule has 1 amide bonds. The second kappa shape index (κ2) is 5.31. The first-order valence-corrected chi connectivity index (χ1v) is 8.00.